The summed E-state index contributed by atoms with van der Waals surface area (Å²) in [6, 6.07) is 14.7. The van der Waals surface area contributed by atoms with Crippen molar-refractivity contribution >= 4 is 21.7 Å². The predicted octanol–water partition coefficient (Wildman–Crippen LogP) is 3.22. The maximum absolute atomic E-state index is 12.9. The van der Waals surface area contributed by atoms with Crippen LogP contribution < -0.4 is 0 Å². The van der Waals surface area contributed by atoms with Gasteiger partial charge in [0.1, 0.15) is 12.6 Å². The van der Waals surface area contributed by atoms with Gasteiger partial charge in [-0.05, 0) is 30.2 Å². The number of aryl methyl sites for hydroxylation is 1. The van der Waals surface area contributed by atoms with E-state index in [4.69, 9.17) is 4.74 Å². The van der Waals surface area contributed by atoms with Gasteiger partial charge in [-0.2, -0.15) is 4.31 Å². The second kappa shape index (κ2) is 6.13. The van der Waals surface area contributed by atoms with E-state index >= 15 is 0 Å². The molecule has 5 nitrogen and oxygen atoms in total. The van der Waals surface area contributed by atoms with E-state index in [2.05, 4.69) is 6.58 Å². The van der Waals surface area contributed by atoms with Crippen LogP contribution in [0.4, 0.5) is 4.79 Å². The van der Waals surface area contributed by atoms with E-state index < -0.39 is 22.2 Å². The molecule has 1 aliphatic rings. The van der Waals surface area contributed by atoms with Crippen molar-refractivity contribution in [2.24, 2.45) is 0 Å². The van der Waals surface area contributed by atoms with Crippen LogP contribution in [0, 0.1) is 6.92 Å². The number of hydrogen-bond acceptors (Lipinski definition) is 4. The van der Waals surface area contributed by atoms with E-state index in [1.54, 1.807) is 12.1 Å². The standard InChI is InChI=1S/C18H17NO4S/c1-13-8-10-16(11-9-13)24(21,22)19-17(12-23-18(19)20)14(2)15-6-4-3-5-7-15/h3-11,17H,2,12H2,1H3. The molecule has 0 bridgehead atoms. The highest BCUT2D eigenvalue weighted by atomic mass is 32.2. The van der Waals surface area contributed by atoms with E-state index in [1.165, 1.54) is 12.1 Å². The number of nitrogens with zero attached hydrogens (tertiary/aromatic N) is 1. The highest BCUT2D eigenvalue weighted by Gasteiger charge is 2.44. The summed E-state index contributed by atoms with van der Waals surface area (Å²) in [6.45, 7) is 5.79. The van der Waals surface area contributed by atoms with E-state index in [9.17, 15) is 13.2 Å². The molecule has 0 aromatic heterocycles. The van der Waals surface area contributed by atoms with Crippen LogP contribution in [0.3, 0.4) is 0 Å². The average molecular weight is 343 g/mol. The normalized spacial score (nSPS) is 17.6. The Kier molecular flexibility index (Phi) is 4.15. The lowest BCUT2D eigenvalue weighted by atomic mass is 10.0. The number of carbonyl (C=O) groups excluding carboxylic acids is 1. The van der Waals surface area contributed by atoms with Crippen LogP contribution >= 0.6 is 0 Å². The number of carbonyl (C=O) groups is 1. The van der Waals surface area contributed by atoms with Crippen molar-refractivity contribution in [2.45, 2.75) is 17.9 Å². The average Bonchev–Trinajstić information content (AvgIpc) is 2.98. The molecule has 1 aliphatic heterocycles. The highest BCUT2D eigenvalue weighted by Crippen LogP contribution is 2.31. The number of ether oxygens (including phenoxy) is 1. The van der Waals surface area contributed by atoms with Gasteiger partial charge in [0, 0.05) is 0 Å². The Labute approximate surface area is 141 Å². The fourth-order valence-corrected chi connectivity index (χ4v) is 4.06. The molecule has 1 amide bonds. The molecule has 1 fully saturated rings. The molecule has 1 atom stereocenters. The molecule has 1 saturated heterocycles. The zero-order valence-corrected chi connectivity index (χ0v) is 14.0. The van der Waals surface area contributed by atoms with Gasteiger partial charge in [-0.15, -0.1) is 0 Å². The lowest BCUT2D eigenvalue weighted by Gasteiger charge is -2.23. The van der Waals surface area contributed by atoms with Gasteiger partial charge in [0.05, 0.1) is 4.90 Å². The minimum atomic E-state index is -4.01. The highest BCUT2D eigenvalue weighted by molar-refractivity contribution is 7.89. The maximum Gasteiger partial charge on any atom is 0.424 e. The fourth-order valence-electron chi connectivity index (χ4n) is 2.58. The minimum absolute atomic E-state index is 0.0440. The molecule has 0 saturated carbocycles. The molecule has 0 aliphatic carbocycles. The summed E-state index contributed by atoms with van der Waals surface area (Å²) < 4.78 is 31.6. The number of cyclic esters (lactones) is 1. The summed E-state index contributed by atoms with van der Waals surface area (Å²) in [5.74, 6) is 0. The first-order valence-electron chi connectivity index (χ1n) is 7.43. The molecular formula is C18H17NO4S. The smallest absolute Gasteiger partial charge is 0.424 e. The molecule has 1 heterocycles. The molecule has 0 N–H and O–H groups in total. The zero-order valence-electron chi connectivity index (χ0n) is 13.2. The molecule has 6 heteroatoms. The Bertz CT molecular complexity index is 873. The Morgan fingerprint density at radius 3 is 2.38 bits per heavy atom. The summed E-state index contributed by atoms with van der Waals surface area (Å²) in [7, 11) is -4.01. The molecule has 0 spiro atoms. The molecule has 124 valence electrons. The number of rotatable bonds is 4. The van der Waals surface area contributed by atoms with Gasteiger partial charge in [0.15, 0.2) is 0 Å². The molecular weight excluding hydrogens is 326 g/mol. The van der Waals surface area contributed by atoms with Crippen LogP contribution in [0.1, 0.15) is 11.1 Å². The molecule has 0 radical (unpaired) electrons. The van der Waals surface area contributed by atoms with Gasteiger partial charge in [0.2, 0.25) is 0 Å². The first-order valence-corrected chi connectivity index (χ1v) is 8.87. The van der Waals surface area contributed by atoms with Gasteiger partial charge < -0.3 is 4.74 Å². The fraction of sp³-hybridized carbons (Fsp3) is 0.167. The Balaban J connectivity index is 1.99. The van der Waals surface area contributed by atoms with E-state index in [1.807, 2.05) is 37.3 Å². The third-order valence-electron chi connectivity index (χ3n) is 3.95. The van der Waals surface area contributed by atoms with Crippen LogP contribution in [0.2, 0.25) is 0 Å². The van der Waals surface area contributed by atoms with Gasteiger partial charge in [-0.25, -0.2) is 13.2 Å². The molecule has 24 heavy (non-hydrogen) atoms. The van der Waals surface area contributed by atoms with Crippen molar-refractivity contribution in [2.75, 3.05) is 6.61 Å². The van der Waals surface area contributed by atoms with Crippen molar-refractivity contribution in [3.8, 4) is 0 Å². The first-order chi connectivity index (χ1) is 11.4. The van der Waals surface area contributed by atoms with Crippen LogP contribution in [-0.2, 0) is 14.8 Å². The van der Waals surface area contributed by atoms with Gasteiger partial charge in [-0.1, -0.05) is 54.6 Å². The lowest BCUT2D eigenvalue weighted by Crippen LogP contribution is -2.39. The second-order valence-electron chi connectivity index (χ2n) is 5.60. The van der Waals surface area contributed by atoms with E-state index in [0.29, 0.717) is 5.57 Å². The first kappa shape index (κ1) is 16.3. The third kappa shape index (κ3) is 2.80. The minimum Gasteiger partial charge on any atom is -0.446 e. The van der Waals surface area contributed by atoms with Crippen LogP contribution in [-0.4, -0.2) is 31.5 Å². The quantitative estimate of drug-likeness (QED) is 0.855. The monoisotopic (exact) mass is 343 g/mol. The van der Waals surface area contributed by atoms with Crippen LogP contribution in [0.15, 0.2) is 66.1 Å². The summed E-state index contributed by atoms with van der Waals surface area (Å²) in [5.41, 5.74) is 2.23. The van der Waals surface area contributed by atoms with Crippen molar-refractivity contribution in [1.82, 2.24) is 4.31 Å². The van der Waals surface area contributed by atoms with Crippen molar-refractivity contribution in [3.05, 3.63) is 72.3 Å². The van der Waals surface area contributed by atoms with E-state index in [-0.39, 0.29) is 11.5 Å². The third-order valence-corrected chi connectivity index (χ3v) is 5.74. The number of amides is 1. The van der Waals surface area contributed by atoms with Crippen molar-refractivity contribution in [3.63, 3.8) is 0 Å². The molecule has 1 unspecified atom stereocenters. The van der Waals surface area contributed by atoms with Crippen LogP contribution in [0.25, 0.3) is 5.57 Å². The Hall–Kier alpha value is -2.60. The SMILES string of the molecule is C=C(c1ccccc1)C1COC(=O)N1S(=O)(=O)c1ccc(C)cc1. The largest absolute Gasteiger partial charge is 0.446 e. The number of hydrogen-bond donors (Lipinski definition) is 0. The maximum atomic E-state index is 12.9. The van der Waals surface area contributed by atoms with E-state index in [0.717, 1.165) is 15.4 Å². The second-order valence-corrected chi connectivity index (χ2v) is 7.41. The van der Waals surface area contributed by atoms with Crippen molar-refractivity contribution in [1.29, 1.82) is 0 Å². The topological polar surface area (TPSA) is 63.7 Å². The van der Waals surface area contributed by atoms with Crippen LogP contribution in [0.5, 0.6) is 0 Å². The Morgan fingerprint density at radius 2 is 1.75 bits per heavy atom. The Morgan fingerprint density at radius 1 is 1.12 bits per heavy atom. The summed E-state index contributed by atoms with van der Waals surface area (Å²) in [5, 5.41) is 0. The molecule has 2 aromatic carbocycles. The number of sulfonamides is 1. The van der Waals surface area contributed by atoms with Gasteiger partial charge in [0.25, 0.3) is 10.0 Å². The van der Waals surface area contributed by atoms with Gasteiger partial charge >= 0.3 is 6.09 Å². The van der Waals surface area contributed by atoms with Gasteiger partial charge in [-0.3, -0.25) is 0 Å². The number of benzene rings is 2. The summed E-state index contributed by atoms with van der Waals surface area (Å²) >= 11 is 0. The summed E-state index contributed by atoms with van der Waals surface area (Å²) in [6.07, 6.45) is -0.877. The molecule has 2 aromatic rings. The lowest BCUT2D eigenvalue weighted by molar-refractivity contribution is 0.170. The summed E-state index contributed by atoms with van der Waals surface area (Å²) in [4.78, 5) is 12.1. The molecule has 3 rings (SSSR count). The predicted molar refractivity (Wildman–Crippen MR) is 90.8 cm³/mol. The zero-order chi connectivity index (χ0) is 17.3. The van der Waals surface area contributed by atoms with Crippen molar-refractivity contribution < 1.29 is 17.9 Å².